The lowest BCUT2D eigenvalue weighted by atomic mass is 9.94. The van der Waals surface area contributed by atoms with Crippen LogP contribution in [0.25, 0.3) is 0 Å². The first kappa shape index (κ1) is 11.0. The van der Waals surface area contributed by atoms with Crippen LogP contribution in [0.4, 0.5) is 0 Å². The van der Waals surface area contributed by atoms with Gasteiger partial charge in [-0.3, -0.25) is 4.90 Å². The topological polar surface area (TPSA) is 24.5 Å². The van der Waals surface area contributed by atoms with Crippen molar-refractivity contribution in [3.63, 3.8) is 0 Å². The fraction of sp³-hybridized carbons (Fsp3) is 1.00. The summed E-state index contributed by atoms with van der Waals surface area (Å²) >= 11 is 0. The standard InChI is InChI=1S/C13H24N2O/c1-16-9-13(10-4-5-10)15-7-11-3-2-6-14-12(11)8-15/h10-14H,2-9H2,1H3/t11-,12+,13?/m0/s1. The van der Waals surface area contributed by atoms with Crippen LogP contribution in [0, 0.1) is 11.8 Å². The largest absolute Gasteiger partial charge is 0.383 e. The Morgan fingerprint density at radius 1 is 1.31 bits per heavy atom. The van der Waals surface area contributed by atoms with Crippen molar-refractivity contribution in [2.75, 3.05) is 33.4 Å². The lowest BCUT2D eigenvalue weighted by Crippen LogP contribution is -2.42. The Morgan fingerprint density at radius 2 is 2.19 bits per heavy atom. The maximum atomic E-state index is 5.41. The van der Waals surface area contributed by atoms with E-state index in [1.54, 1.807) is 0 Å². The molecular formula is C13H24N2O. The van der Waals surface area contributed by atoms with E-state index in [0.29, 0.717) is 6.04 Å². The molecular weight excluding hydrogens is 200 g/mol. The van der Waals surface area contributed by atoms with Crippen molar-refractivity contribution in [3.05, 3.63) is 0 Å². The van der Waals surface area contributed by atoms with E-state index in [9.17, 15) is 0 Å². The highest BCUT2D eigenvalue weighted by Gasteiger charge is 2.42. The molecule has 0 bridgehead atoms. The quantitative estimate of drug-likeness (QED) is 0.774. The normalized spacial score (nSPS) is 37.3. The summed E-state index contributed by atoms with van der Waals surface area (Å²) in [6, 6.07) is 1.48. The summed E-state index contributed by atoms with van der Waals surface area (Å²) in [6.45, 7) is 4.73. The van der Waals surface area contributed by atoms with Crippen molar-refractivity contribution in [2.45, 2.75) is 37.8 Å². The smallest absolute Gasteiger partial charge is 0.0620 e. The lowest BCUT2D eigenvalue weighted by Gasteiger charge is -2.27. The van der Waals surface area contributed by atoms with Crippen LogP contribution in [0.2, 0.25) is 0 Å². The highest BCUT2D eigenvalue weighted by atomic mass is 16.5. The molecule has 2 aliphatic heterocycles. The number of fused-ring (bicyclic) bond motifs is 1. The molecule has 3 nitrogen and oxygen atoms in total. The molecule has 0 aromatic heterocycles. The monoisotopic (exact) mass is 224 g/mol. The Balaban J connectivity index is 1.61. The van der Waals surface area contributed by atoms with Crippen LogP contribution in [0.1, 0.15) is 25.7 Å². The van der Waals surface area contributed by atoms with Gasteiger partial charge in [0.2, 0.25) is 0 Å². The second-order valence-corrected chi connectivity index (χ2v) is 5.78. The fourth-order valence-electron chi connectivity index (χ4n) is 3.54. The number of hydrogen-bond acceptors (Lipinski definition) is 3. The number of nitrogens with zero attached hydrogens (tertiary/aromatic N) is 1. The first-order valence-corrected chi connectivity index (χ1v) is 6.85. The molecule has 1 saturated carbocycles. The molecule has 1 unspecified atom stereocenters. The summed E-state index contributed by atoms with van der Waals surface area (Å²) in [5.74, 6) is 1.84. The van der Waals surface area contributed by atoms with Gasteiger partial charge in [0, 0.05) is 32.3 Å². The molecule has 16 heavy (non-hydrogen) atoms. The Bertz CT molecular complexity index is 228. The molecule has 2 saturated heterocycles. The van der Waals surface area contributed by atoms with E-state index in [2.05, 4.69) is 10.2 Å². The molecule has 0 aromatic rings. The Kier molecular flexibility index (Phi) is 3.18. The van der Waals surface area contributed by atoms with E-state index >= 15 is 0 Å². The van der Waals surface area contributed by atoms with Gasteiger partial charge in [-0.05, 0) is 44.1 Å². The first-order chi connectivity index (χ1) is 7.88. The third kappa shape index (κ3) is 2.13. The summed E-state index contributed by atoms with van der Waals surface area (Å²) in [6.07, 6.45) is 5.65. The third-order valence-corrected chi connectivity index (χ3v) is 4.60. The van der Waals surface area contributed by atoms with Gasteiger partial charge in [-0.2, -0.15) is 0 Å². The number of rotatable bonds is 4. The van der Waals surface area contributed by atoms with E-state index in [4.69, 9.17) is 4.74 Å². The second-order valence-electron chi connectivity index (χ2n) is 5.78. The predicted octanol–water partition coefficient (Wildman–Crippen LogP) is 1.10. The van der Waals surface area contributed by atoms with Gasteiger partial charge in [0.25, 0.3) is 0 Å². The minimum Gasteiger partial charge on any atom is -0.383 e. The third-order valence-electron chi connectivity index (χ3n) is 4.60. The van der Waals surface area contributed by atoms with E-state index in [-0.39, 0.29) is 0 Å². The molecule has 3 atom stereocenters. The van der Waals surface area contributed by atoms with Crippen molar-refractivity contribution < 1.29 is 4.74 Å². The molecule has 1 N–H and O–H groups in total. The van der Waals surface area contributed by atoms with Gasteiger partial charge >= 0.3 is 0 Å². The average molecular weight is 224 g/mol. The minimum absolute atomic E-state index is 0.706. The van der Waals surface area contributed by atoms with Crippen LogP contribution in [-0.2, 0) is 4.74 Å². The zero-order chi connectivity index (χ0) is 11.0. The van der Waals surface area contributed by atoms with E-state index in [1.165, 1.54) is 45.3 Å². The van der Waals surface area contributed by atoms with Crippen LogP contribution in [0.15, 0.2) is 0 Å². The maximum absolute atomic E-state index is 5.41. The van der Waals surface area contributed by atoms with Crippen molar-refractivity contribution in [1.29, 1.82) is 0 Å². The van der Waals surface area contributed by atoms with Crippen molar-refractivity contribution in [1.82, 2.24) is 10.2 Å². The molecule has 0 amide bonds. The zero-order valence-electron chi connectivity index (χ0n) is 10.3. The Labute approximate surface area is 98.5 Å². The number of hydrogen-bond donors (Lipinski definition) is 1. The number of nitrogens with one attached hydrogen (secondary N) is 1. The van der Waals surface area contributed by atoms with Crippen LogP contribution < -0.4 is 5.32 Å². The Morgan fingerprint density at radius 3 is 2.88 bits per heavy atom. The lowest BCUT2D eigenvalue weighted by molar-refractivity contribution is 0.0899. The number of piperidine rings is 1. The van der Waals surface area contributed by atoms with E-state index in [0.717, 1.165) is 24.5 Å². The van der Waals surface area contributed by atoms with Crippen LogP contribution >= 0.6 is 0 Å². The maximum Gasteiger partial charge on any atom is 0.0620 e. The first-order valence-electron chi connectivity index (χ1n) is 6.85. The second kappa shape index (κ2) is 4.63. The number of ether oxygens (including phenoxy) is 1. The molecule has 3 heteroatoms. The van der Waals surface area contributed by atoms with Crippen molar-refractivity contribution in [3.8, 4) is 0 Å². The number of likely N-dealkylation sites (tertiary alicyclic amines) is 1. The zero-order valence-corrected chi connectivity index (χ0v) is 10.3. The summed E-state index contributed by atoms with van der Waals surface area (Å²) < 4.78 is 5.41. The fourth-order valence-corrected chi connectivity index (χ4v) is 3.54. The van der Waals surface area contributed by atoms with E-state index < -0.39 is 0 Å². The molecule has 2 heterocycles. The van der Waals surface area contributed by atoms with Crippen molar-refractivity contribution >= 4 is 0 Å². The summed E-state index contributed by atoms with van der Waals surface area (Å²) in [7, 11) is 1.84. The summed E-state index contributed by atoms with van der Waals surface area (Å²) in [4.78, 5) is 2.70. The molecule has 92 valence electrons. The van der Waals surface area contributed by atoms with Crippen molar-refractivity contribution in [2.24, 2.45) is 11.8 Å². The van der Waals surface area contributed by atoms with Gasteiger partial charge in [-0.1, -0.05) is 0 Å². The molecule has 3 rings (SSSR count). The molecule has 3 aliphatic rings. The summed E-state index contributed by atoms with van der Waals surface area (Å²) in [5.41, 5.74) is 0. The molecule has 0 aromatic carbocycles. The average Bonchev–Trinajstić information content (AvgIpc) is 3.04. The van der Waals surface area contributed by atoms with Crippen LogP contribution in [0.3, 0.4) is 0 Å². The van der Waals surface area contributed by atoms with Gasteiger partial charge in [0.15, 0.2) is 0 Å². The van der Waals surface area contributed by atoms with Gasteiger partial charge in [0.05, 0.1) is 6.61 Å². The van der Waals surface area contributed by atoms with Gasteiger partial charge < -0.3 is 10.1 Å². The van der Waals surface area contributed by atoms with Gasteiger partial charge in [-0.25, -0.2) is 0 Å². The number of methoxy groups -OCH3 is 1. The SMILES string of the molecule is COCC(C1CC1)N1C[C@@H]2CCCN[C@@H]2C1. The molecule has 0 radical (unpaired) electrons. The van der Waals surface area contributed by atoms with Crippen LogP contribution in [-0.4, -0.2) is 50.3 Å². The molecule has 1 aliphatic carbocycles. The Hall–Kier alpha value is -0.120. The highest BCUT2D eigenvalue weighted by molar-refractivity contribution is 4.97. The van der Waals surface area contributed by atoms with Gasteiger partial charge in [-0.15, -0.1) is 0 Å². The molecule has 3 fully saturated rings. The van der Waals surface area contributed by atoms with Gasteiger partial charge in [0.1, 0.15) is 0 Å². The molecule has 0 spiro atoms. The summed E-state index contributed by atoms with van der Waals surface area (Å²) in [5, 5.41) is 3.68. The highest BCUT2D eigenvalue weighted by Crippen LogP contribution is 2.38. The van der Waals surface area contributed by atoms with Crippen LogP contribution in [0.5, 0.6) is 0 Å². The van der Waals surface area contributed by atoms with E-state index in [1.807, 2.05) is 7.11 Å². The predicted molar refractivity (Wildman–Crippen MR) is 64.5 cm³/mol. The minimum atomic E-state index is 0.706.